The van der Waals surface area contributed by atoms with E-state index in [1.165, 1.54) is 0 Å². The Morgan fingerprint density at radius 3 is 2.23 bits per heavy atom. The standard InChI is InChI=1S/C9H20N2O2/c1-8(2,11-12)6-7-13-9(3,4)10-5/h10H,6-7H2,1-5H3. The first-order valence-electron chi connectivity index (χ1n) is 4.50. The Hall–Kier alpha value is -0.480. The average Bonchev–Trinajstić information content (AvgIpc) is 2.04. The third-order valence-electron chi connectivity index (χ3n) is 2.03. The lowest BCUT2D eigenvalue weighted by Gasteiger charge is -2.26. The van der Waals surface area contributed by atoms with Crippen LogP contribution in [0.2, 0.25) is 0 Å². The SMILES string of the molecule is CNC(C)(C)OCCC(C)(C)N=O. The van der Waals surface area contributed by atoms with Crippen molar-refractivity contribution in [2.75, 3.05) is 13.7 Å². The van der Waals surface area contributed by atoms with Crippen LogP contribution in [0.1, 0.15) is 34.1 Å². The molecule has 4 heteroatoms. The zero-order chi connectivity index (χ0) is 10.5. The maximum Gasteiger partial charge on any atom is 0.113 e. The van der Waals surface area contributed by atoms with Gasteiger partial charge in [-0.3, -0.25) is 5.32 Å². The number of hydrogen-bond donors (Lipinski definition) is 1. The minimum absolute atomic E-state index is 0.334. The molecule has 0 radical (unpaired) electrons. The summed E-state index contributed by atoms with van der Waals surface area (Å²) < 4.78 is 5.51. The fourth-order valence-corrected chi connectivity index (χ4v) is 0.674. The smallest absolute Gasteiger partial charge is 0.113 e. The first-order chi connectivity index (χ1) is 5.83. The Balaban J connectivity index is 3.74. The predicted molar refractivity (Wildman–Crippen MR) is 53.6 cm³/mol. The van der Waals surface area contributed by atoms with E-state index >= 15 is 0 Å². The molecule has 0 heterocycles. The molecule has 0 aromatic carbocycles. The van der Waals surface area contributed by atoms with E-state index in [-0.39, 0.29) is 5.72 Å². The lowest BCUT2D eigenvalue weighted by molar-refractivity contribution is -0.0426. The Morgan fingerprint density at radius 2 is 1.85 bits per heavy atom. The summed E-state index contributed by atoms with van der Waals surface area (Å²) in [7, 11) is 1.84. The van der Waals surface area contributed by atoms with Gasteiger partial charge in [-0.15, -0.1) is 0 Å². The molecule has 0 rings (SSSR count). The summed E-state index contributed by atoms with van der Waals surface area (Å²) in [6.45, 7) is 8.01. The molecule has 0 spiro atoms. The van der Waals surface area contributed by atoms with Crippen LogP contribution in [0.3, 0.4) is 0 Å². The molecule has 0 aromatic heterocycles. The fraction of sp³-hybridized carbons (Fsp3) is 1.00. The van der Waals surface area contributed by atoms with E-state index in [4.69, 9.17) is 4.74 Å². The molecule has 13 heavy (non-hydrogen) atoms. The van der Waals surface area contributed by atoms with E-state index in [2.05, 4.69) is 10.5 Å². The second-order valence-corrected chi connectivity index (χ2v) is 4.26. The van der Waals surface area contributed by atoms with Crippen LogP contribution in [0.15, 0.2) is 5.18 Å². The highest BCUT2D eigenvalue weighted by Gasteiger charge is 2.20. The van der Waals surface area contributed by atoms with Crippen molar-refractivity contribution in [2.45, 2.75) is 45.4 Å². The van der Waals surface area contributed by atoms with Gasteiger partial charge in [0.05, 0.1) is 12.1 Å². The van der Waals surface area contributed by atoms with Crippen molar-refractivity contribution in [3.05, 3.63) is 4.91 Å². The van der Waals surface area contributed by atoms with Gasteiger partial charge >= 0.3 is 0 Å². The van der Waals surface area contributed by atoms with Crippen molar-refractivity contribution < 1.29 is 4.74 Å². The van der Waals surface area contributed by atoms with Gasteiger partial charge in [0.2, 0.25) is 0 Å². The summed E-state index contributed by atoms with van der Waals surface area (Å²) in [5.41, 5.74) is -0.858. The zero-order valence-corrected chi connectivity index (χ0v) is 9.18. The van der Waals surface area contributed by atoms with Crippen LogP contribution in [-0.2, 0) is 4.74 Å². The summed E-state index contributed by atoms with van der Waals surface area (Å²) in [4.78, 5) is 10.3. The van der Waals surface area contributed by atoms with Crippen LogP contribution in [0.5, 0.6) is 0 Å². The second kappa shape index (κ2) is 4.67. The normalized spacial score (nSPS) is 13.0. The van der Waals surface area contributed by atoms with Gasteiger partial charge in [0.1, 0.15) is 5.72 Å². The largest absolute Gasteiger partial charge is 0.361 e. The second-order valence-electron chi connectivity index (χ2n) is 4.26. The molecule has 0 amide bonds. The molecule has 0 aliphatic rings. The molecule has 0 atom stereocenters. The van der Waals surface area contributed by atoms with Gasteiger partial charge < -0.3 is 4.74 Å². The molecule has 0 aliphatic heterocycles. The minimum Gasteiger partial charge on any atom is -0.361 e. The Bertz CT molecular complexity index is 167. The molecular weight excluding hydrogens is 168 g/mol. The Kier molecular flexibility index (Phi) is 4.50. The summed E-state index contributed by atoms with van der Waals surface area (Å²) in [5.74, 6) is 0. The third kappa shape index (κ3) is 5.71. The van der Waals surface area contributed by atoms with Crippen molar-refractivity contribution in [1.29, 1.82) is 0 Å². The van der Waals surface area contributed by atoms with E-state index < -0.39 is 5.54 Å². The van der Waals surface area contributed by atoms with E-state index in [9.17, 15) is 4.91 Å². The van der Waals surface area contributed by atoms with Gasteiger partial charge in [-0.05, 0) is 41.2 Å². The monoisotopic (exact) mass is 188 g/mol. The van der Waals surface area contributed by atoms with E-state index in [0.29, 0.717) is 13.0 Å². The maximum atomic E-state index is 10.3. The number of hydrogen-bond acceptors (Lipinski definition) is 4. The van der Waals surface area contributed by atoms with E-state index in [0.717, 1.165) is 0 Å². The molecule has 0 saturated heterocycles. The van der Waals surface area contributed by atoms with Crippen molar-refractivity contribution >= 4 is 0 Å². The highest BCUT2D eigenvalue weighted by molar-refractivity contribution is 4.76. The van der Waals surface area contributed by atoms with Gasteiger partial charge in [-0.1, -0.05) is 5.18 Å². The number of nitrogens with zero attached hydrogens (tertiary/aromatic N) is 1. The number of nitrogens with one attached hydrogen (secondary N) is 1. The molecule has 0 saturated carbocycles. The van der Waals surface area contributed by atoms with Gasteiger partial charge in [-0.2, -0.15) is 4.91 Å². The number of rotatable bonds is 6. The lowest BCUT2D eigenvalue weighted by Crippen LogP contribution is -2.40. The highest BCUT2D eigenvalue weighted by atomic mass is 16.5. The third-order valence-corrected chi connectivity index (χ3v) is 2.03. The predicted octanol–water partition coefficient (Wildman–Crippen LogP) is 1.89. The summed E-state index contributed by atoms with van der Waals surface area (Å²) in [6, 6.07) is 0. The first-order valence-corrected chi connectivity index (χ1v) is 4.50. The van der Waals surface area contributed by atoms with Crippen LogP contribution in [-0.4, -0.2) is 24.9 Å². The summed E-state index contributed by atoms with van der Waals surface area (Å²) in [6.07, 6.45) is 0.640. The van der Waals surface area contributed by atoms with Crippen LogP contribution >= 0.6 is 0 Å². The fourth-order valence-electron chi connectivity index (χ4n) is 0.674. The zero-order valence-electron chi connectivity index (χ0n) is 9.18. The first kappa shape index (κ1) is 12.5. The Morgan fingerprint density at radius 1 is 1.31 bits per heavy atom. The topological polar surface area (TPSA) is 50.7 Å². The van der Waals surface area contributed by atoms with Crippen molar-refractivity contribution in [3.63, 3.8) is 0 Å². The molecule has 0 bridgehead atoms. The number of nitroso groups, excluding NO2 is 1. The van der Waals surface area contributed by atoms with Gasteiger partial charge in [0, 0.05) is 0 Å². The molecule has 0 aromatic rings. The average molecular weight is 188 g/mol. The Labute approximate surface area is 80.0 Å². The molecule has 0 fully saturated rings. The molecular formula is C9H20N2O2. The summed E-state index contributed by atoms with van der Waals surface area (Å²) >= 11 is 0. The van der Waals surface area contributed by atoms with Crippen LogP contribution in [0, 0.1) is 4.91 Å². The molecule has 1 N–H and O–H groups in total. The van der Waals surface area contributed by atoms with Gasteiger partial charge in [-0.25, -0.2) is 0 Å². The van der Waals surface area contributed by atoms with Crippen LogP contribution in [0.4, 0.5) is 0 Å². The maximum absolute atomic E-state index is 10.3. The van der Waals surface area contributed by atoms with Crippen molar-refractivity contribution in [1.82, 2.24) is 5.32 Å². The van der Waals surface area contributed by atoms with E-state index in [1.54, 1.807) is 13.8 Å². The van der Waals surface area contributed by atoms with Crippen LogP contribution in [0.25, 0.3) is 0 Å². The van der Waals surface area contributed by atoms with Gasteiger partial charge in [0.25, 0.3) is 0 Å². The molecule has 4 nitrogen and oxygen atoms in total. The highest BCUT2D eigenvalue weighted by Crippen LogP contribution is 2.15. The molecule has 78 valence electrons. The number of ether oxygens (including phenoxy) is 1. The van der Waals surface area contributed by atoms with Crippen LogP contribution < -0.4 is 5.32 Å². The molecule has 0 aliphatic carbocycles. The van der Waals surface area contributed by atoms with E-state index in [1.807, 2.05) is 20.9 Å². The quantitative estimate of drug-likeness (QED) is 0.511. The van der Waals surface area contributed by atoms with Gasteiger partial charge in [0.15, 0.2) is 0 Å². The summed E-state index contributed by atoms with van der Waals surface area (Å²) in [5, 5.41) is 6.03. The van der Waals surface area contributed by atoms with Crippen molar-refractivity contribution in [3.8, 4) is 0 Å². The molecule has 0 unspecified atom stereocenters. The van der Waals surface area contributed by atoms with Crippen molar-refractivity contribution in [2.24, 2.45) is 5.18 Å². The lowest BCUT2D eigenvalue weighted by atomic mass is 10.0. The minimum atomic E-state index is -0.524.